The highest BCUT2D eigenvalue weighted by atomic mass is 32.1. The fourth-order valence-electron chi connectivity index (χ4n) is 3.20. The van der Waals surface area contributed by atoms with E-state index in [-0.39, 0.29) is 25.0 Å². The number of rotatable bonds is 6. The highest BCUT2D eigenvalue weighted by molar-refractivity contribution is 7.74. The molecule has 7 nitrogen and oxygen atoms in total. The molecule has 1 heterocycles. The van der Waals surface area contributed by atoms with Crippen LogP contribution in [0.4, 0.5) is 0 Å². The van der Waals surface area contributed by atoms with Crippen LogP contribution in [0.25, 0.3) is 0 Å². The molecule has 1 saturated heterocycles. The van der Waals surface area contributed by atoms with Gasteiger partial charge in [-0.3, -0.25) is 8.68 Å². The maximum absolute atomic E-state index is 13.2. The molecule has 1 atom stereocenters. The second-order valence-electron chi connectivity index (χ2n) is 6.63. The lowest BCUT2D eigenvalue weighted by Gasteiger charge is -2.45. The number of ether oxygens (including phenoxy) is 1. The van der Waals surface area contributed by atoms with Crippen LogP contribution in [0.15, 0.2) is 35.5 Å². The van der Waals surface area contributed by atoms with Crippen molar-refractivity contribution < 1.29 is 18.2 Å². The number of benzene rings is 1. The van der Waals surface area contributed by atoms with E-state index >= 15 is 0 Å². The minimum Gasteiger partial charge on any atom is -0.464 e. The maximum atomic E-state index is 13.2. The fourth-order valence-corrected chi connectivity index (χ4v) is 3.40. The molecule has 0 aromatic heterocycles. The number of quaternary nitrogens is 1. The molecule has 0 amide bonds. The summed E-state index contributed by atoms with van der Waals surface area (Å²) in [6.07, 6.45) is 0.342. The molecule has 2 N–H and O–H groups in total. The predicted molar refractivity (Wildman–Crippen MR) is 97.0 cm³/mol. The number of esters is 1. The summed E-state index contributed by atoms with van der Waals surface area (Å²) in [6, 6.07) is 8.20. The van der Waals surface area contributed by atoms with E-state index in [1.54, 1.807) is 37.3 Å². The highest BCUT2D eigenvalue weighted by Gasteiger charge is 2.64. The molecule has 0 radical (unpaired) electrons. The topological polar surface area (TPSA) is 98.8 Å². The maximum Gasteiger partial charge on any atom is 0.337 e. The quantitative estimate of drug-likeness (QED) is 0.199. The zero-order valence-corrected chi connectivity index (χ0v) is 15.4. The van der Waals surface area contributed by atoms with Crippen molar-refractivity contribution in [3.63, 3.8) is 0 Å². The SMILES string of the molecule is CCOC(=O)C(N)(C(=O)c1ccccc1)C1(N=O)CC[N+](C)(S)CC1. The number of ketones is 1. The third-order valence-corrected chi connectivity index (χ3v) is 5.31. The van der Waals surface area contributed by atoms with Crippen LogP contribution in [0.2, 0.25) is 0 Å². The summed E-state index contributed by atoms with van der Waals surface area (Å²) < 4.78 is 5.44. The third kappa shape index (κ3) is 3.47. The van der Waals surface area contributed by atoms with Crippen LogP contribution in [0.5, 0.6) is 0 Å². The van der Waals surface area contributed by atoms with Gasteiger partial charge in [-0.25, -0.2) is 4.79 Å². The number of hydrogen-bond donors (Lipinski definition) is 2. The molecular weight excluding hydrogens is 342 g/mol. The first-order valence-electron chi connectivity index (χ1n) is 8.20. The number of carbonyl (C=O) groups excluding carboxylic acids is 2. The van der Waals surface area contributed by atoms with Gasteiger partial charge in [-0.2, -0.15) is 4.91 Å². The van der Waals surface area contributed by atoms with Gasteiger partial charge in [0.1, 0.15) is 5.54 Å². The van der Waals surface area contributed by atoms with Crippen LogP contribution >= 0.6 is 12.8 Å². The predicted octanol–water partition coefficient (Wildman–Crippen LogP) is 1.72. The van der Waals surface area contributed by atoms with Gasteiger partial charge < -0.3 is 10.5 Å². The first-order valence-corrected chi connectivity index (χ1v) is 8.60. The first-order chi connectivity index (χ1) is 11.7. The van der Waals surface area contributed by atoms with E-state index in [9.17, 15) is 14.5 Å². The Hall–Kier alpha value is -1.77. The second kappa shape index (κ2) is 7.23. The van der Waals surface area contributed by atoms with Crippen molar-refractivity contribution in [2.24, 2.45) is 10.9 Å². The Morgan fingerprint density at radius 2 is 1.88 bits per heavy atom. The van der Waals surface area contributed by atoms with E-state index in [2.05, 4.69) is 18.0 Å². The summed E-state index contributed by atoms with van der Waals surface area (Å²) in [4.78, 5) is 37.7. The van der Waals surface area contributed by atoms with Gasteiger partial charge in [0.25, 0.3) is 0 Å². The van der Waals surface area contributed by atoms with E-state index in [4.69, 9.17) is 10.5 Å². The van der Waals surface area contributed by atoms with Crippen molar-refractivity contribution in [2.75, 3.05) is 26.7 Å². The standard InChI is InChI=1S/C17H24N3O4S/c1-3-24-15(22)17(18,14(21)13-7-5-4-6-8-13)16(19-23)9-11-20(2,25)12-10-16/h4-8,25H,3,9-12,18H2,1-2H3/q+1. The summed E-state index contributed by atoms with van der Waals surface area (Å²) in [5.41, 5.74) is 2.88. The largest absolute Gasteiger partial charge is 0.464 e. The van der Waals surface area contributed by atoms with Crippen LogP contribution in [0.3, 0.4) is 0 Å². The monoisotopic (exact) mass is 366 g/mol. The van der Waals surface area contributed by atoms with Crippen molar-refractivity contribution in [1.82, 2.24) is 0 Å². The summed E-state index contributed by atoms with van der Waals surface area (Å²) >= 11 is 4.50. The second-order valence-corrected chi connectivity index (χ2v) is 7.60. The van der Waals surface area contributed by atoms with Crippen molar-refractivity contribution >= 4 is 24.6 Å². The number of hydrogen-bond acceptors (Lipinski definition) is 7. The Morgan fingerprint density at radius 3 is 2.36 bits per heavy atom. The molecule has 1 aliphatic rings. The minimum atomic E-state index is -2.17. The Kier molecular flexibility index (Phi) is 5.65. The third-order valence-electron chi connectivity index (χ3n) is 4.91. The number of likely N-dealkylation sites (tertiary alicyclic amines) is 1. The van der Waals surface area contributed by atoms with Crippen molar-refractivity contribution in [3.8, 4) is 0 Å². The van der Waals surface area contributed by atoms with Crippen LogP contribution in [0, 0.1) is 4.91 Å². The van der Waals surface area contributed by atoms with E-state index in [0.717, 1.165) is 0 Å². The molecule has 25 heavy (non-hydrogen) atoms. The minimum absolute atomic E-state index is 0.0507. The smallest absolute Gasteiger partial charge is 0.337 e. The van der Waals surface area contributed by atoms with Crippen molar-refractivity contribution in [2.45, 2.75) is 30.8 Å². The molecule has 8 heteroatoms. The molecular formula is C17H24N3O4S+. The average Bonchev–Trinajstić information content (AvgIpc) is 2.62. The van der Waals surface area contributed by atoms with Gasteiger partial charge >= 0.3 is 5.97 Å². The number of thiol groups is 1. The number of nitrogens with two attached hydrogens (primary N) is 1. The molecule has 1 fully saturated rings. The molecule has 1 aromatic carbocycles. The Balaban J connectivity index is 2.53. The Morgan fingerprint density at radius 1 is 1.32 bits per heavy atom. The van der Waals surface area contributed by atoms with Crippen molar-refractivity contribution in [3.05, 3.63) is 40.8 Å². The lowest BCUT2D eigenvalue weighted by Crippen LogP contribution is -2.72. The molecule has 0 spiro atoms. The zero-order chi connectivity index (χ0) is 18.7. The lowest BCUT2D eigenvalue weighted by atomic mass is 9.68. The summed E-state index contributed by atoms with van der Waals surface area (Å²) in [5, 5.41) is 3.23. The molecule has 0 saturated carbocycles. The number of carbonyl (C=O) groups is 2. The number of piperidine rings is 1. The van der Waals surface area contributed by atoms with Crippen LogP contribution < -0.4 is 5.73 Å². The molecule has 2 rings (SSSR count). The van der Waals surface area contributed by atoms with Crippen LogP contribution in [-0.2, 0) is 9.53 Å². The van der Waals surface area contributed by atoms with E-state index < -0.39 is 22.8 Å². The van der Waals surface area contributed by atoms with E-state index in [1.807, 2.05) is 7.05 Å². The van der Waals surface area contributed by atoms with Gasteiger partial charge in [0, 0.05) is 18.4 Å². The van der Waals surface area contributed by atoms with Gasteiger partial charge in [0.2, 0.25) is 5.54 Å². The highest BCUT2D eigenvalue weighted by Crippen LogP contribution is 2.40. The Bertz CT molecular complexity index is 655. The average molecular weight is 366 g/mol. The van der Waals surface area contributed by atoms with Gasteiger partial charge in [0.15, 0.2) is 5.78 Å². The number of nitroso groups, excluding NO2 is 1. The van der Waals surface area contributed by atoms with Crippen molar-refractivity contribution in [1.29, 1.82) is 0 Å². The molecule has 1 aromatic rings. The van der Waals surface area contributed by atoms with Gasteiger partial charge in [0.05, 0.1) is 39.6 Å². The number of Topliss-reactive ketones (excluding diaryl/α,β-unsaturated/α-hetero) is 1. The molecule has 0 bridgehead atoms. The molecule has 0 aliphatic carbocycles. The molecule has 1 unspecified atom stereocenters. The summed E-state index contributed by atoms with van der Waals surface area (Å²) in [5.74, 6) is -1.57. The first kappa shape index (κ1) is 19.6. The van der Waals surface area contributed by atoms with Gasteiger partial charge in [-0.05, 0) is 6.92 Å². The fraction of sp³-hybridized carbons (Fsp3) is 0.529. The van der Waals surface area contributed by atoms with E-state index in [1.165, 1.54) is 0 Å². The molecule has 1 aliphatic heterocycles. The lowest BCUT2D eigenvalue weighted by molar-refractivity contribution is -0.778. The molecule has 136 valence electrons. The van der Waals surface area contributed by atoms with Gasteiger partial charge in [-0.15, -0.1) is 0 Å². The van der Waals surface area contributed by atoms with Crippen LogP contribution in [-0.4, -0.2) is 53.5 Å². The summed E-state index contributed by atoms with van der Waals surface area (Å²) in [7, 11) is 1.89. The number of nitrogens with zero attached hydrogens (tertiary/aromatic N) is 2. The van der Waals surface area contributed by atoms with Gasteiger partial charge in [-0.1, -0.05) is 35.5 Å². The van der Waals surface area contributed by atoms with E-state index in [0.29, 0.717) is 17.0 Å². The normalized spacial score (nSPS) is 28.6. The zero-order valence-electron chi connectivity index (χ0n) is 14.5. The summed E-state index contributed by atoms with van der Waals surface area (Å²) in [6.45, 7) is 2.58. The Labute approximate surface area is 152 Å². The van der Waals surface area contributed by atoms with Crippen LogP contribution in [0.1, 0.15) is 30.1 Å².